The number of anilines is 1. The number of hydrogen-bond acceptors (Lipinski definition) is 10. The van der Waals surface area contributed by atoms with Crippen molar-refractivity contribution >= 4 is 39.9 Å². The molecule has 3 aromatic rings. The van der Waals surface area contributed by atoms with Crippen molar-refractivity contribution in [2.75, 3.05) is 24.7 Å². The Bertz CT molecular complexity index is 1560. The van der Waals surface area contributed by atoms with Gasteiger partial charge in [0.05, 0.1) is 30.5 Å². The molecule has 1 amide bonds. The van der Waals surface area contributed by atoms with Gasteiger partial charge in [0.2, 0.25) is 0 Å². The predicted molar refractivity (Wildman–Crippen MR) is 154 cm³/mol. The second kappa shape index (κ2) is 12.3. The number of carbonyl (C=O) groups excluding carboxylic acids is 3. The maximum Gasteiger partial charge on any atom is 0.350 e. The summed E-state index contributed by atoms with van der Waals surface area (Å²) in [6, 6.07) is 8.15. The molecule has 0 unspecified atom stereocenters. The highest BCUT2D eigenvalue weighted by Gasteiger charge is 2.48. The van der Waals surface area contributed by atoms with Gasteiger partial charge in [0.15, 0.2) is 16.6 Å². The number of thiazole rings is 1. The van der Waals surface area contributed by atoms with Crippen LogP contribution in [0.2, 0.25) is 0 Å². The summed E-state index contributed by atoms with van der Waals surface area (Å²) in [6.07, 6.45) is 1.61. The van der Waals surface area contributed by atoms with Crippen LogP contribution in [0.25, 0.3) is 5.76 Å². The fourth-order valence-corrected chi connectivity index (χ4v) is 5.44. The fourth-order valence-electron chi connectivity index (χ4n) is 4.45. The molecule has 11 heteroatoms. The van der Waals surface area contributed by atoms with Crippen molar-refractivity contribution in [2.45, 2.75) is 33.7 Å². The number of amides is 1. The molecule has 0 spiro atoms. The molecule has 41 heavy (non-hydrogen) atoms. The summed E-state index contributed by atoms with van der Waals surface area (Å²) in [6.45, 7) is 11.1. The largest absolute Gasteiger partial charge is 0.507 e. The maximum atomic E-state index is 13.5. The number of hydrogen-bond donors (Lipinski definition) is 2. The molecule has 4 rings (SSSR count). The number of ether oxygens (including phenoxy) is 3. The van der Waals surface area contributed by atoms with Crippen molar-refractivity contribution in [3.05, 3.63) is 81.9 Å². The van der Waals surface area contributed by atoms with Crippen LogP contribution in [0.3, 0.4) is 0 Å². The zero-order valence-electron chi connectivity index (χ0n) is 23.1. The number of phenols is 1. The van der Waals surface area contributed by atoms with Gasteiger partial charge in [0.25, 0.3) is 5.78 Å². The van der Waals surface area contributed by atoms with Crippen LogP contribution >= 0.6 is 11.3 Å². The topological polar surface area (TPSA) is 135 Å². The SMILES string of the molecule is C=CCOc1ccc(C(O)=C2C(=O)C(=O)N(c3nc(C)c(C(=O)OCC)s3)[C@@H]2c2ccc(O)c(OCC)c2)cc1C. The van der Waals surface area contributed by atoms with Gasteiger partial charge in [0.1, 0.15) is 23.0 Å². The lowest BCUT2D eigenvalue weighted by Crippen LogP contribution is -2.29. The van der Waals surface area contributed by atoms with Gasteiger partial charge in [-0.15, -0.1) is 0 Å². The molecule has 1 fully saturated rings. The third-order valence-corrected chi connectivity index (χ3v) is 7.44. The Hall–Kier alpha value is -4.64. The summed E-state index contributed by atoms with van der Waals surface area (Å²) in [5, 5.41) is 21.9. The van der Waals surface area contributed by atoms with Crippen molar-refractivity contribution in [3.63, 3.8) is 0 Å². The molecule has 2 heterocycles. The van der Waals surface area contributed by atoms with Crippen LogP contribution in [0, 0.1) is 13.8 Å². The second-order valence-electron chi connectivity index (χ2n) is 9.04. The average molecular weight is 579 g/mol. The first-order chi connectivity index (χ1) is 19.6. The Morgan fingerprint density at radius 1 is 1.10 bits per heavy atom. The molecule has 0 radical (unpaired) electrons. The third kappa shape index (κ3) is 5.66. The fraction of sp³-hybridized carbons (Fsp3) is 0.267. The minimum Gasteiger partial charge on any atom is -0.507 e. The van der Waals surface area contributed by atoms with Gasteiger partial charge in [-0.1, -0.05) is 30.1 Å². The monoisotopic (exact) mass is 578 g/mol. The van der Waals surface area contributed by atoms with Gasteiger partial charge in [-0.3, -0.25) is 14.5 Å². The molecule has 0 bridgehead atoms. The molecule has 1 saturated heterocycles. The molecule has 1 aromatic heterocycles. The number of phenolic OH excluding ortho intramolecular Hbond substituents is 1. The number of aromatic nitrogens is 1. The molecule has 0 aliphatic carbocycles. The van der Waals surface area contributed by atoms with E-state index in [1.165, 1.54) is 18.2 Å². The first kappa shape index (κ1) is 29.3. The Kier molecular flexibility index (Phi) is 8.77. The Labute approximate surface area is 241 Å². The van der Waals surface area contributed by atoms with Crippen molar-refractivity contribution in [2.24, 2.45) is 0 Å². The Balaban J connectivity index is 1.91. The summed E-state index contributed by atoms with van der Waals surface area (Å²) < 4.78 is 16.3. The molecular formula is C30H30N2O8S. The molecule has 10 nitrogen and oxygen atoms in total. The number of esters is 1. The first-order valence-corrected chi connectivity index (χ1v) is 13.7. The van der Waals surface area contributed by atoms with Gasteiger partial charge in [-0.25, -0.2) is 9.78 Å². The minimum absolute atomic E-state index is 0.0760. The van der Waals surface area contributed by atoms with Crippen LogP contribution < -0.4 is 14.4 Å². The summed E-state index contributed by atoms with van der Waals surface area (Å²) in [7, 11) is 0. The van der Waals surface area contributed by atoms with E-state index in [0.717, 1.165) is 16.2 Å². The van der Waals surface area contributed by atoms with E-state index in [4.69, 9.17) is 14.2 Å². The molecule has 2 N–H and O–H groups in total. The normalized spacial score (nSPS) is 16.1. The quantitative estimate of drug-likeness (QED) is 0.109. The van der Waals surface area contributed by atoms with E-state index in [1.807, 2.05) is 0 Å². The van der Waals surface area contributed by atoms with Gasteiger partial charge in [-0.2, -0.15) is 0 Å². The highest BCUT2D eigenvalue weighted by Crippen LogP contribution is 2.45. The van der Waals surface area contributed by atoms with E-state index in [1.54, 1.807) is 52.0 Å². The number of aromatic hydroxyl groups is 1. The zero-order chi connectivity index (χ0) is 29.8. The number of Topliss-reactive ketones (excluding diaryl/α,β-unsaturated/α-hetero) is 1. The Morgan fingerprint density at radius 3 is 2.51 bits per heavy atom. The van der Waals surface area contributed by atoms with Crippen molar-refractivity contribution < 1.29 is 38.8 Å². The predicted octanol–water partition coefficient (Wildman–Crippen LogP) is 5.23. The van der Waals surface area contributed by atoms with E-state index in [-0.39, 0.29) is 40.3 Å². The lowest BCUT2D eigenvalue weighted by Gasteiger charge is -2.23. The number of nitrogens with zero attached hydrogens (tertiary/aromatic N) is 2. The number of aliphatic hydroxyl groups is 1. The standard InChI is InChI=1S/C30H30N2O8S/c1-6-13-40-21-12-10-19(14-16(21)4)25(34)23-24(18-9-11-20(33)22(15-18)38-7-2)32(28(36)26(23)35)30-31-17(5)27(41-30)29(37)39-8-3/h6,9-12,14-15,24,33-34H,1,7-8,13H2,2-5H3/t24-/m1/s1. The third-order valence-electron chi connectivity index (χ3n) is 6.30. The molecule has 214 valence electrons. The summed E-state index contributed by atoms with van der Waals surface area (Å²) in [4.78, 5) is 45.3. The summed E-state index contributed by atoms with van der Waals surface area (Å²) in [5.41, 5.74) is 1.51. The van der Waals surface area contributed by atoms with Crippen LogP contribution in [0.4, 0.5) is 5.13 Å². The minimum atomic E-state index is -1.15. The molecular weight excluding hydrogens is 548 g/mol. The number of benzene rings is 2. The Morgan fingerprint density at radius 2 is 1.85 bits per heavy atom. The zero-order valence-corrected chi connectivity index (χ0v) is 23.9. The molecule has 0 saturated carbocycles. The number of carbonyl (C=O) groups is 3. The number of aliphatic hydroxyl groups excluding tert-OH is 1. The number of ketones is 1. The van der Waals surface area contributed by atoms with Crippen LogP contribution in [0.15, 0.2) is 54.6 Å². The van der Waals surface area contributed by atoms with Gasteiger partial charge in [-0.05, 0) is 69.2 Å². The van der Waals surface area contributed by atoms with Crippen LogP contribution in [0.5, 0.6) is 17.2 Å². The number of aryl methyl sites for hydroxylation is 2. The van der Waals surface area contributed by atoms with E-state index in [2.05, 4.69) is 11.6 Å². The molecule has 2 aromatic carbocycles. The van der Waals surface area contributed by atoms with E-state index in [0.29, 0.717) is 34.7 Å². The lowest BCUT2D eigenvalue weighted by molar-refractivity contribution is -0.132. The van der Waals surface area contributed by atoms with E-state index < -0.39 is 29.5 Å². The molecule has 1 aliphatic rings. The lowest BCUT2D eigenvalue weighted by atomic mass is 9.94. The molecule has 1 atom stereocenters. The summed E-state index contributed by atoms with van der Waals surface area (Å²) >= 11 is 0.906. The van der Waals surface area contributed by atoms with Crippen LogP contribution in [0.1, 0.15) is 51.9 Å². The molecule has 1 aliphatic heterocycles. The van der Waals surface area contributed by atoms with Crippen molar-refractivity contribution in [1.29, 1.82) is 0 Å². The first-order valence-electron chi connectivity index (χ1n) is 12.9. The van der Waals surface area contributed by atoms with E-state index in [9.17, 15) is 24.6 Å². The van der Waals surface area contributed by atoms with Crippen LogP contribution in [-0.4, -0.2) is 52.7 Å². The van der Waals surface area contributed by atoms with Crippen molar-refractivity contribution in [3.8, 4) is 17.2 Å². The second-order valence-corrected chi connectivity index (χ2v) is 10.0. The van der Waals surface area contributed by atoms with E-state index >= 15 is 0 Å². The average Bonchev–Trinajstić information content (AvgIpc) is 3.45. The van der Waals surface area contributed by atoms with Gasteiger partial charge >= 0.3 is 11.9 Å². The summed E-state index contributed by atoms with van der Waals surface area (Å²) in [5.74, 6) is -2.30. The van der Waals surface area contributed by atoms with Gasteiger partial charge < -0.3 is 24.4 Å². The van der Waals surface area contributed by atoms with Crippen molar-refractivity contribution in [1.82, 2.24) is 4.98 Å². The van der Waals surface area contributed by atoms with Gasteiger partial charge in [0, 0.05) is 5.56 Å². The highest BCUT2D eigenvalue weighted by atomic mass is 32.1. The smallest absolute Gasteiger partial charge is 0.350 e. The number of rotatable bonds is 10. The van der Waals surface area contributed by atoms with Crippen LogP contribution in [-0.2, 0) is 14.3 Å². The maximum absolute atomic E-state index is 13.5. The highest BCUT2D eigenvalue weighted by molar-refractivity contribution is 7.17.